The van der Waals surface area contributed by atoms with Gasteiger partial charge in [0, 0.05) is 0 Å². The average molecular weight is 220 g/mol. The molecule has 0 aromatic rings. The highest BCUT2D eigenvalue weighted by Crippen LogP contribution is 1.98. The number of allylic oxidation sites excluding steroid dienone is 1. The maximum atomic E-state index is 5.80. The highest BCUT2D eigenvalue weighted by molar-refractivity contribution is 6.69. The standard InChI is InChI=1S/C7H20O2Si3/c1-6-7-12(8-10(2)3)9-11(4)5/h6-7,10-12H,1-5H3. The van der Waals surface area contributed by atoms with Crippen LogP contribution in [0.1, 0.15) is 6.92 Å². The van der Waals surface area contributed by atoms with E-state index in [1.165, 1.54) is 0 Å². The van der Waals surface area contributed by atoms with Gasteiger partial charge in [0.05, 0.1) is 0 Å². The van der Waals surface area contributed by atoms with Crippen LogP contribution < -0.4 is 0 Å². The zero-order valence-corrected chi connectivity index (χ0v) is 12.2. The van der Waals surface area contributed by atoms with Crippen LogP contribution in [0.2, 0.25) is 26.2 Å². The van der Waals surface area contributed by atoms with Gasteiger partial charge in [0.15, 0.2) is 18.1 Å². The van der Waals surface area contributed by atoms with E-state index in [4.69, 9.17) is 8.23 Å². The summed E-state index contributed by atoms with van der Waals surface area (Å²) in [5.74, 6) is 0. The van der Waals surface area contributed by atoms with Crippen LogP contribution in [0.25, 0.3) is 0 Å². The predicted octanol–water partition coefficient (Wildman–Crippen LogP) is 1.32. The van der Waals surface area contributed by atoms with Crippen LogP contribution in [0.3, 0.4) is 0 Å². The van der Waals surface area contributed by atoms with Gasteiger partial charge in [-0.1, -0.05) is 11.8 Å². The van der Waals surface area contributed by atoms with Gasteiger partial charge in [-0.15, -0.1) is 0 Å². The topological polar surface area (TPSA) is 18.5 Å². The van der Waals surface area contributed by atoms with Gasteiger partial charge in [0.2, 0.25) is 0 Å². The lowest BCUT2D eigenvalue weighted by Crippen LogP contribution is -2.31. The Hall–Kier alpha value is 0.311. The van der Waals surface area contributed by atoms with E-state index in [9.17, 15) is 0 Å². The number of rotatable bonds is 5. The van der Waals surface area contributed by atoms with Crippen LogP contribution in [0.4, 0.5) is 0 Å². The zero-order chi connectivity index (χ0) is 9.56. The van der Waals surface area contributed by atoms with E-state index in [-0.39, 0.29) is 0 Å². The van der Waals surface area contributed by atoms with Crippen LogP contribution in [0, 0.1) is 0 Å². The molecule has 0 atom stereocenters. The van der Waals surface area contributed by atoms with Crippen LogP contribution in [-0.4, -0.2) is 27.4 Å². The minimum absolute atomic E-state index is 0.911. The van der Waals surface area contributed by atoms with E-state index in [0.717, 1.165) is 0 Å². The third-order valence-corrected chi connectivity index (χ3v) is 8.36. The normalized spacial score (nSPS) is 12.7. The molecule has 0 unspecified atom stereocenters. The molecular formula is C7H20O2Si3. The van der Waals surface area contributed by atoms with Crippen LogP contribution >= 0.6 is 0 Å². The molecule has 0 aliphatic rings. The molecule has 0 N–H and O–H groups in total. The molecule has 2 nitrogen and oxygen atoms in total. The van der Waals surface area contributed by atoms with Crippen molar-refractivity contribution in [3.63, 3.8) is 0 Å². The van der Waals surface area contributed by atoms with Gasteiger partial charge in [0.25, 0.3) is 0 Å². The molecule has 0 rings (SSSR count). The van der Waals surface area contributed by atoms with E-state index in [1.54, 1.807) is 0 Å². The fourth-order valence-electron chi connectivity index (χ4n) is 0.816. The van der Waals surface area contributed by atoms with Gasteiger partial charge >= 0.3 is 9.28 Å². The summed E-state index contributed by atoms with van der Waals surface area (Å²) in [6.07, 6.45) is 2.05. The van der Waals surface area contributed by atoms with Gasteiger partial charge in [-0.3, -0.25) is 0 Å². The lowest BCUT2D eigenvalue weighted by Gasteiger charge is -2.18. The highest BCUT2D eigenvalue weighted by atomic mass is 28.4. The van der Waals surface area contributed by atoms with Gasteiger partial charge in [-0.25, -0.2) is 0 Å². The van der Waals surface area contributed by atoms with Crippen molar-refractivity contribution in [2.75, 3.05) is 0 Å². The average Bonchev–Trinajstić information content (AvgIpc) is 1.84. The molecule has 12 heavy (non-hydrogen) atoms. The first-order chi connectivity index (χ1) is 5.56. The first-order valence-corrected chi connectivity index (χ1v) is 11.7. The van der Waals surface area contributed by atoms with Gasteiger partial charge in [-0.2, -0.15) is 0 Å². The highest BCUT2D eigenvalue weighted by Gasteiger charge is 2.12. The predicted molar refractivity (Wildman–Crippen MR) is 61.9 cm³/mol. The molecule has 0 heterocycles. The largest absolute Gasteiger partial charge is 0.439 e. The summed E-state index contributed by atoms with van der Waals surface area (Å²) in [7, 11) is -3.23. The van der Waals surface area contributed by atoms with Crippen molar-refractivity contribution in [3.8, 4) is 0 Å². The molecule has 0 amide bonds. The fourth-order valence-corrected chi connectivity index (χ4v) is 6.98. The molecule has 5 heteroatoms. The van der Waals surface area contributed by atoms with Crippen molar-refractivity contribution in [3.05, 3.63) is 11.8 Å². The summed E-state index contributed by atoms with van der Waals surface area (Å²) < 4.78 is 11.6. The quantitative estimate of drug-likeness (QED) is 0.651. The van der Waals surface area contributed by atoms with Crippen molar-refractivity contribution in [1.82, 2.24) is 0 Å². The van der Waals surface area contributed by atoms with Crippen molar-refractivity contribution in [2.45, 2.75) is 33.1 Å². The Balaban J connectivity index is 3.86. The first-order valence-electron chi connectivity index (χ1n) is 4.50. The number of hydrogen-bond donors (Lipinski definition) is 0. The van der Waals surface area contributed by atoms with Crippen LogP contribution in [-0.2, 0) is 8.23 Å². The molecule has 0 aromatic carbocycles. The summed E-state index contributed by atoms with van der Waals surface area (Å²) in [6, 6.07) is 0. The van der Waals surface area contributed by atoms with E-state index in [1.807, 2.05) is 13.0 Å². The Labute approximate surface area is 80.9 Å². The molecule has 72 valence electrons. The SMILES string of the molecule is CC=C[SiH](O[SiH](C)C)O[SiH](C)C. The number of hydrogen-bond acceptors (Lipinski definition) is 2. The molecule has 0 fully saturated rings. The maximum Gasteiger partial charge on any atom is 0.327 e. The van der Waals surface area contributed by atoms with Gasteiger partial charge in [-0.05, 0) is 33.1 Å². The van der Waals surface area contributed by atoms with Gasteiger partial charge in [0.1, 0.15) is 0 Å². The summed E-state index contributed by atoms with van der Waals surface area (Å²) >= 11 is 0. The lowest BCUT2D eigenvalue weighted by molar-refractivity contribution is 0.456. The molecule has 0 aromatic heterocycles. The van der Waals surface area contributed by atoms with Crippen molar-refractivity contribution in [2.24, 2.45) is 0 Å². The molecule has 0 spiro atoms. The van der Waals surface area contributed by atoms with E-state index < -0.39 is 27.4 Å². The maximum absolute atomic E-state index is 5.80. The Bertz CT molecular complexity index is 127. The Morgan fingerprint density at radius 2 is 1.33 bits per heavy atom. The molecule has 0 aliphatic heterocycles. The Morgan fingerprint density at radius 1 is 0.917 bits per heavy atom. The third-order valence-electron chi connectivity index (χ3n) is 1.16. The van der Waals surface area contributed by atoms with Crippen LogP contribution in [0.5, 0.6) is 0 Å². The first kappa shape index (κ1) is 12.3. The molecule has 0 bridgehead atoms. The summed E-state index contributed by atoms with van der Waals surface area (Å²) in [6.45, 7) is 10.8. The zero-order valence-electron chi connectivity index (χ0n) is 8.70. The smallest absolute Gasteiger partial charge is 0.327 e. The minimum atomic E-state index is -1.41. The molecule has 0 saturated heterocycles. The molecule has 0 aliphatic carbocycles. The molecule has 0 radical (unpaired) electrons. The Kier molecular flexibility index (Phi) is 6.96. The third kappa shape index (κ3) is 6.99. The van der Waals surface area contributed by atoms with E-state index in [2.05, 4.69) is 31.9 Å². The van der Waals surface area contributed by atoms with Gasteiger partial charge < -0.3 is 8.23 Å². The second-order valence-electron chi connectivity index (χ2n) is 3.26. The van der Waals surface area contributed by atoms with Crippen molar-refractivity contribution in [1.29, 1.82) is 0 Å². The fraction of sp³-hybridized carbons (Fsp3) is 0.714. The van der Waals surface area contributed by atoms with Crippen LogP contribution in [0.15, 0.2) is 11.8 Å². The molecular weight excluding hydrogens is 200 g/mol. The Morgan fingerprint density at radius 3 is 1.58 bits per heavy atom. The lowest BCUT2D eigenvalue weighted by atomic mass is 10.8. The minimum Gasteiger partial charge on any atom is -0.439 e. The summed E-state index contributed by atoms with van der Waals surface area (Å²) in [4.78, 5) is 0. The van der Waals surface area contributed by atoms with Crippen molar-refractivity contribution < 1.29 is 8.23 Å². The summed E-state index contributed by atoms with van der Waals surface area (Å²) in [5.41, 5.74) is 2.12. The van der Waals surface area contributed by atoms with Crippen molar-refractivity contribution >= 4 is 27.4 Å². The monoisotopic (exact) mass is 220 g/mol. The van der Waals surface area contributed by atoms with E-state index in [0.29, 0.717) is 0 Å². The molecule has 0 saturated carbocycles. The second kappa shape index (κ2) is 6.79. The van der Waals surface area contributed by atoms with E-state index >= 15 is 0 Å². The second-order valence-corrected chi connectivity index (χ2v) is 10.8. The summed E-state index contributed by atoms with van der Waals surface area (Å²) in [5, 5.41) is 0.